The molecule has 3 aliphatic rings. The lowest BCUT2D eigenvalue weighted by atomic mass is 9.94. The van der Waals surface area contributed by atoms with Crippen LogP contribution in [0.5, 0.6) is 0 Å². The molecule has 0 unspecified atom stereocenters. The lowest BCUT2D eigenvalue weighted by molar-refractivity contribution is 0.0549. The molecule has 5 rings (SSSR count). The second kappa shape index (κ2) is 9.25. The van der Waals surface area contributed by atoms with Gasteiger partial charge >= 0.3 is 6.03 Å². The smallest absolute Gasteiger partial charge is 0.323 e. The SMILES string of the molecule is O=C(Nc1ccc(N2CCCCC2)cc1)Nc1ccc2c(c1)C(=O)N(C1CCCCC1)C2=O. The summed E-state index contributed by atoms with van der Waals surface area (Å²) >= 11 is 0. The van der Waals surface area contributed by atoms with Gasteiger partial charge < -0.3 is 15.5 Å². The van der Waals surface area contributed by atoms with Gasteiger partial charge in [0.1, 0.15) is 0 Å². The number of imide groups is 1. The van der Waals surface area contributed by atoms with Crippen molar-refractivity contribution in [2.75, 3.05) is 28.6 Å². The molecule has 0 aromatic heterocycles. The van der Waals surface area contributed by atoms with Crippen LogP contribution < -0.4 is 15.5 Å². The van der Waals surface area contributed by atoms with Crippen molar-refractivity contribution in [2.45, 2.75) is 57.4 Å². The minimum atomic E-state index is -0.387. The van der Waals surface area contributed by atoms with E-state index in [-0.39, 0.29) is 23.9 Å². The van der Waals surface area contributed by atoms with Crippen molar-refractivity contribution >= 4 is 34.9 Å². The average molecular weight is 447 g/mol. The number of amides is 4. The van der Waals surface area contributed by atoms with Crippen molar-refractivity contribution in [3.8, 4) is 0 Å². The molecule has 0 atom stereocenters. The molecule has 0 spiro atoms. The van der Waals surface area contributed by atoms with Crippen molar-refractivity contribution in [1.29, 1.82) is 0 Å². The summed E-state index contributed by atoms with van der Waals surface area (Å²) in [5.74, 6) is -0.467. The molecule has 7 heteroatoms. The van der Waals surface area contributed by atoms with Gasteiger partial charge in [0.05, 0.1) is 11.1 Å². The van der Waals surface area contributed by atoms with Crippen molar-refractivity contribution in [3.63, 3.8) is 0 Å². The van der Waals surface area contributed by atoms with Gasteiger partial charge in [0, 0.05) is 36.2 Å². The number of nitrogens with one attached hydrogen (secondary N) is 2. The predicted octanol–water partition coefficient (Wildman–Crippen LogP) is 5.25. The topological polar surface area (TPSA) is 81.8 Å². The summed E-state index contributed by atoms with van der Waals surface area (Å²) in [6.45, 7) is 2.15. The molecular formula is C26H30N4O3. The van der Waals surface area contributed by atoms with Gasteiger partial charge in [-0.25, -0.2) is 4.79 Å². The van der Waals surface area contributed by atoms with Gasteiger partial charge in [-0.2, -0.15) is 0 Å². The molecule has 2 aromatic carbocycles. The van der Waals surface area contributed by atoms with Crippen LogP contribution in [0.4, 0.5) is 21.9 Å². The van der Waals surface area contributed by atoms with E-state index in [4.69, 9.17) is 0 Å². The minimum Gasteiger partial charge on any atom is -0.372 e. The molecule has 2 fully saturated rings. The third kappa shape index (κ3) is 4.45. The van der Waals surface area contributed by atoms with Crippen molar-refractivity contribution in [1.82, 2.24) is 4.90 Å². The summed E-state index contributed by atoms with van der Waals surface area (Å²) in [6.07, 6.45) is 8.71. The summed E-state index contributed by atoms with van der Waals surface area (Å²) in [5.41, 5.74) is 3.15. The van der Waals surface area contributed by atoms with E-state index in [9.17, 15) is 14.4 Å². The van der Waals surface area contributed by atoms with E-state index in [2.05, 4.69) is 15.5 Å². The molecular weight excluding hydrogens is 416 g/mol. The van der Waals surface area contributed by atoms with Crippen LogP contribution in [0.25, 0.3) is 0 Å². The Bertz CT molecular complexity index is 1050. The minimum absolute atomic E-state index is 0.0150. The van der Waals surface area contributed by atoms with E-state index in [1.54, 1.807) is 18.2 Å². The lowest BCUT2D eigenvalue weighted by Gasteiger charge is -2.29. The molecule has 2 N–H and O–H groups in total. The molecule has 172 valence electrons. The maximum Gasteiger partial charge on any atom is 0.323 e. The Morgan fingerprint density at radius 3 is 2.06 bits per heavy atom. The number of carbonyl (C=O) groups excluding carboxylic acids is 3. The van der Waals surface area contributed by atoms with Crippen LogP contribution in [-0.2, 0) is 0 Å². The number of benzene rings is 2. The Labute approximate surface area is 194 Å². The molecule has 1 aliphatic carbocycles. The first-order valence-electron chi connectivity index (χ1n) is 12.0. The molecule has 1 saturated heterocycles. The van der Waals surface area contributed by atoms with E-state index in [0.29, 0.717) is 22.5 Å². The Kier molecular flexibility index (Phi) is 6.03. The Hall–Kier alpha value is -3.35. The van der Waals surface area contributed by atoms with Crippen LogP contribution in [0.2, 0.25) is 0 Å². The highest BCUT2D eigenvalue weighted by Crippen LogP contribution is 2.32. The highest BCUT2D eigenvalue weighted by Gasteiger charge is 2.40. The van der Waals surface area contributed by atoms with Crippen LogP contribution in [0, 0.1) is 0 Å². The van der Waals surface area contributed by atoms with Crippen LogP contribution in [0.15, 0.2) is 42.5 Å². The zero-order valence-corrected chi connectivity index (χ0v) is 18.8. The first kappa shape index (κ1) is 21.5. The number of carbonyl (C=O) groups is 3. The monoisotopic (exact) mass is 446 g/mol. The maximum absolute atomic E-state index is 13.0. The normalized spacial score (nSPS) is 18.9. The second-order valence-electron chi connectivity index (χ2n) is 9.21. The Morgan fingerprint density at radius 2 is 1.33 bits per heavy atom. The summed E-state index contributed by atoms with van der Waals surface area (Å²) in [5, 5.41) is 5.62. The number of hydrogen-bond acceptors (Lipinski definition) is 4. The first-order chi connectivity index (χ1) is 16.1. The first-order valence-corrected chi connectivity index (χ1v) is 12.0. The van der Waals surface area contributed by atoms with E-state index in [0.717, 1.165) is 45.2 Å². The van der Waals surface area contributed by atoms with E-state index < -0.39 is 0 Å². The molecule has 2 aromatic rings. The molecule has 7 nitrogen and oxygen atoms in total. The lowest BCUT2D eigenvalue weighted by Crippen LogP contribution is -2.40. The largest absolute Gasteiger partial charge is 0.372 e. The van der Waals surface area contributed by atoms with Crippen LogP contribution in [0.1, 0.15) is 72.1 Å². The highest BCUT2D eigenvalue weighted by molar-refractivity contribution is 6.22. The Morgan fingerprint density at radius 1 is 0.727 bits per heavy atom. The quantitative estimate of drug-likeness (QED) is 0.629. The molecule has 0 radical (unpaired) electrons. The van der Waals surface area contributed by atoms with Crippen molar-refractivity contribution < 1.29 is 14.4 Å². The van der Waals surface area contributed by atoms with Crippen LogP contribution in [0.3, 0.4) is 0 Å². The molecule has 4 amide bonds. The second-order valence-corrected chi connectivity index (χ2v) is 9.21. The standard InChI is InChI=1S/C26H30N4O3/c31-24-22-14-11-19(17-23(22)25(32)30(24)21-7-3-1-4-8-21)28-26(33)27-18-9-12-20(13-10-18)29-15-5-2-6-16-29/h9-14,17,21H,1-8,15-16H2,(H2,27,28,33). The summed E-state index contributed by atoms with van der Waals surface area (Å²) in [4.78, 5) is 42.1. The summed E-state index contributed by atoms with van der Waals surface area (Å²) in [6, 6.07) is 12.4. The van der Waals surface area contributed by atoms with E-state index >= 15 is 0 Å². The highest BCUT2D eigenvalue weighted by atomic mass is 16.2. The number of hydrogen-bond donors (Lipinski definition) is 2. The van der Waals surface area contributed by atoms with Gasteiger partial charge in [-0.15, -0.1) is 0 Å². The third-order valence-corrected chi connectivity index (χ3v) is 6.96. The fraction of sp³-hybridized carbons (Fsp3) is 0.423. The van der Waals surface area contributed by atoms with Gasteiger partial charge in [0.25, 0.3) is 11.8 Å². The van der Waals surface area contributed by atoms with E-state index in [1.807, 2.05) is 24.3 Å². The summed E-state index contributed by atoms with van der Waals surface area (Å²) in [7, 11) is 0. The van der Waals surface area contributed by atoms with Crippen LogP contribution in [-0.4, -0.2) is 41.9 Å². The summed E-state index contributed by atoms with van der Waals surface area (Å²) < 4.78 is 0. The third-order valence-electron chi connectivity index (χ3n) is 6.96. The zero-order chi connectivity index (χ0) is 22.8. The number of fused-ring (bicyclic) bond motifs is 1. The van der Waals surface area contributed by atoms with Crippen LogP contribution >= 0.6 is 0 Å². The van der Waals surface area contributed by atoms with Gasteiger partial charge in [-0.1, -0.05) is 19.3 Å². The number of nitrogens with zero attached hydrogens (tertiary/aromatic N) is 2. The fourth-order valence-corrected chi connectivity index (χ4v) is 5.21. The molecule has 2 heterocycles. The Balaban J connectivity index is 1.23. The number of anilines is 3. The maximum atomic E-state index is 13.0. The number of piperidine rings is 1. The van der Waals surface area contributed by atoms with Gasteiger partial charge in [0.15, 0.2) is 0 Å². The zero-order valence-electron chi connectivity index (χ0n) is 18.8. The number of rotatable bonds is 4. The van der Waals surface area contributed by atoms with Crippen molar-refractivity contribution in [2.24, 2.45) is 0 Å². The molecule has 33 heavy (non-hydrogen) atoms. The number of urea groups is 1. The predicted molar refractivity (Wildman–Crippen MR) is 129 cm³/mol. The fourth-order valence-electron chi connectivity index (χ4n) is 5.21. The molecule has 2 aliphatic heterocycles. The van der Waals surface area contributed by atoms with Gasteiger partial charge in [0.2, 0.25) is 0 Å². The van der Waals surface area contributed by atoms with Crippen molar-refractivity contribution in [3.05, 3.63) is 53.6 Å². The average Bonchev–Trinajstić information content (AvgIpc) is 3.10. The van der Waals surface area contributed by atoms with Gasteiger partial charge in [-0.3, -0.25) is 14.5 Å². The molecule has 0 bridgehead atoms. The van der Waals surface area contributed by atoms with Gasteiger partial charge in [-0.05, 0) is 74.6 Å². The van der Waals surface area contributed by atoms with E-state index in [1.165, 1.54) is 29.8 Å². The molecule has 1 saturated carbocycles.